The van der Waals surface area contributed by atoms with Crippen LogP contribution in [0.3, 0.4) is 0 Å². The molecule has 2 atom stereocenters. The summed E-state index contributed by atoms with van der Waals surface area (Å²) >= 11 is 0. The van der Waals surface area contributed by atoms with Gasteiger partial charge < -0.3 is 10.5 Å². The van der Waals surface area contributed by atoms with E-state index < -0.39 is 0 Å². The Hall–Kier alpha value is -1.02. The van der Waals surface area contributed by atoms with Gasteiger partial charge in [0.2, 0.25) is 0 Å². The van der Waals surface area contributed by atoms with E-state index in [0.29, 0.717) is 12.5 Å². The molecule has 2 rings (SSSR count). The maximum absolute atomic E-state index is 6.43. The van der Waals surface area contributed by atoms with Crippen LogP contribution in [0.15, 0.2) is 12.1 Å². The van der Waals surface area contributed by atoms with Gasteiger partial charge in [-0.25, -0.2) is 0 Å². The normalized spacial score (nSPS) is 23.2. The molecule has 0 amide bonds. The van der Waals surface area contributed by atoms with Gasteiger partial charge in [-0.15, -0.1) is 0 Å². The van der Waals surface area contributed by atoms with Crippen LogP contribution >= 0.6 is 0 Å². The van der Waals surface area contributed by atoms with E-state index in [0.717, 1.165) is 5.75 Å². The summed E-state index contributed by atoms with van der Waals surface area (Å²) in [6.45, 7) is 16.3. The van der Waals surface area contributed by atoms with Gasteiger partial charge in [-0.1, -0.05) is 54.5 Å². The lowest BCUT2D eigenvalue weighted by molar-refractivity contribution is 0.202. The highest BCUT2D eigenvalue weighted by Crippen LogP contribution is 2.43. The predicted octanol–water partition coefficient (Wildman–Crippen LogP) is 4.31. The molecule has 1 aromatic rings. The molecule has 112 valence electrons. The molecule has 0 aromatic heterocycles. The topological polar surface area (TPSA) is 35.2 Å². The maximum Gasteiger partial charge on any atom is 0.127 e. The lowest BCUT2D eigenvalue weighted by atomic mass is 9.76. The second kappa shape index (κ2) is 4.77. The first kappa shape index (κ1) is 15.4. The molecule has 0 radical (unpaired) electrons. The van der Waals surface area contributed by atoms with Crippen LogP contribution < -0.4 is 10.5 Å². The summed E-state index contributed by atoms with van der Waals surface area (Å²) in [5.74, 6) is 1.39. The molecule has 20 heavy (non-hydrogen) atoms. The molecule has 0 spiro atoms. The molecule has 0 saturated carbocycles. The van der Waals surface area contributed by atoms with Gasteiger partial charge in [0, 0.05) is 23.1 Å². The van der Waals surface area contributed by atoms with E-state index in [-0.39, 0.29) is 16.9 Å². The summed E-state index contributed by atoms with van der Waals surface area (Å²) in [5.41, 5.74) is 10.4. The minimum Gasteiger partial charge on any atom is -0.493 e. The van der Waals surface area contributed by atoms with Crippen LogP contribution in [0.5, 0.6) is 5.75 Å². The van der Waals surface area contributed by atoms with E-state index in [4.69, 9.17) is 10.5 Å². The minimum absolute atomic E-state index is 0.0612. The molecule has 2 heteroatoms. The Morgan fingerprint density at radius 3 is 2.15 bits per heavy atom. The van der Waals surface area contributed by atoms with Gasteiger partial charge in [-0.3, -0.25) is 0 Å². The van der Waals surface area contributed by atoms with Crippen molar-refractivity contribution in [2.75, 3.05) is 6.61 Å². The number of fused-ring (bicyclic) bond motifs is 1. The first-order chi connectivity index (χ1) is 9.01. The Labute approximate surface area is 123 Å². The summed E-state index contributed by atoms with van der Waals surface area (Å²) in [5, 5.41) is 0. The van der Waals surface area contributed by atoms with Gasteiger partial charge in [-0.2, -0.15) is 0 Å². The van der Waals surface area contributed by atoms with Crippen LogP contribution in [0.2, 0.25) is 0 Å². The van der Waals surface area contributed by atoms with E-state index >= 15 is 0 Å². The van der Waals surface area contributed by atoms with Gasteiger partial charge in [-0.05, 0) is 22.5 Å². The second-order valence-electron chi connectivity index (χ2n) is 8.26. The van der Waals surface area contributed by atoms with E-state index in [1.165, 1.54) is 16.7 Å². The maximum atomic E-state index is 6.43. The third-order valence-corrected chi connectivity index (χ3v) is 4.25. The molecular formula is C18H29NO. The van der Waals surface area contributed by atoms with Crippen molar-refractivity contribution >= 4 is 0 Å². The van der Waals surface area contributed by atoms with Crippen molar-refractivity contribution in [1.82, 2.24) is 0 Å². The monoisotopic (exact) mass is 275 g/mol. The van der Waals surface area contributed by atoms with E-state index in [1.807, 2.05) is 0 Å². The van der Waals surface area contributed by atoms with Crippen molar-refractivity contribution < 1.29 is 4.74 Å². The van der Waals surface area contributed by atoms with Crippen LogP contribution in [-0.2, 0) is 10.8 Å². The van der Waals surface area contributed by atoms with Gasteiger partial charge in [0.25, 0.3) is 0 Å². The van der Waals surface area contributed by atoms with Crippen LogP contribution in [0.1, 0.15) is 71.2 Å². The zero-order valence-corrected chi connectivity index (χ0v) is 14.0. The summed E-state index contributed by atoms with van der Waals surface area (Å²) in [6, 6.07) is 4.63. The molecule has 0 bridgehead atoms. The van der Waals surface area contributed by atoms with Crippen molar-refractivity contribution in [3.8, 4) is 5.75 Å². The Balaban J connectivity index is 2.69. The SMILES string of the molecule is CC1COc2c(cc(C(C)(C)C)cc2C(C)(C)C)C1N. The number of rotatable bonds is 0. The first-order valence-corrected chi connectivity index (χ1v) is 7.59. The first-order valence-electron chi connectivity index (χ1n) is 7.59. The standard InChI is InChI=1S/C18H29NO/c1-11-10-20-16-13(15(11)19)8-12(17(2,3)4)9-14(16)18(5,6)7/h8-9,11,15H,10,19H2,1-7H3. The highest BCUT2D eigenvalue weighted by molar-refractivity contribution is 5.51. The van der Waals surface area contributed by atoms with E-state index in [2.05, 4.69) is 60.6 Å². The Kier molecular flexibility index (Phi) is 3.66. The smallest absolute Gasteiger partial charge is 0.127 e. The highest BCUT2D eigenvalue weighted by atomic mass is 16.5. The van der Waals surface area contributed by atoms with Crippen molar-refractivity contribution in [3.05, 3.63) is 28.8 Å². The van der Waals surface area contributed by atoms with Crippen LogP contribution in [0.4, 0.5) is 0 Å². The molecule has 1 heterocycles. The molecular weight excluding hydrogens is 246 g/mol. The molecule has 1 aliphatic heterocycles. The van der Waals surface area contributed by atoms with Gasteiger partial charge in [0.15, 0.2) is 0 Å². The molecule has 0 aliphatic carbocycles. The number of nitrogens with two attached hydrogens (primary N) is 1. The second-order valence-corrected chi connectivity index (χ2v) is 8.26. The zero-order chi connectivity index (χ0) is 15.3. The number of benzene rings is 1. The van der Waals surface area contributed by atoms with E-state index in [1.54, 1.807) is 0 Å². The average Bonchev–Trinajstić information content (AvgIpc) is 2.30. The molecule has 2 nitrogen and oxygen atoms in total. The number of hydrogen-bond acceptors (Lipinski definition) is 2. The Morgan fingerprint density at radius 1 is 1.05 bits per heavy atom. The lowest BCUT2D eigenvalue weighted by Crippen LogP contribution is -2.32. The summed E-state index contributed by atoms with van der Waals surface area (Å²) in [4.78, 5) is 0. The molecule has 2 N–H and O–H groups in total. The molecule has 0 fully saturated rings. The summed E-state index contributed by atoms with van der Waals surface area (Å²) in [6.07, 6.45) is 0. The highest BCUT2D eigenvalue weighted by Gasteiger charge is 2.32. The van der Waals surface area contributed by atoms with Crippen molar-refractivity contribution in [2.45, 2.75) is 65.3 Å². The Morgan fingerprint density at radius 2 is 1.65 bits per heavy atom. The number of ether oxygens (including phenoxy) is 1. The van der Waals surface area contributed by atoms with Gasteiger partial charge in [0.05, 0.1) is 6.61 Å². The minimum atomic E-state index is 0.0612. The fourth-order valence-electron chi connectivity index (χ4n) is 2.68. The van der Waals surface area contributed by atoms with Crippen molar-refractivity contribution in [2.24, 2.45) is 11.7 Å². The molecule has 1 aromatic carbocycles. The number of hydrogen-bond donors (Lipinski definition) is 1. The molecule has 0 saturated heterocycles. The molecule has 2 unspecified atom stereocenters. The summed E-state index contributed by atoms with van der Waals surface area (Å²) < 4.78 is 6.05. The largest absolute Gasteiger partial charge is 0.493 e. The summed E-state index contributed by atoms with van der Waals surface area (Å²) in [7, 11) is 0. The predicted molar refractivity (Wildman–Crippen MR) is 85.4 cm³/mol. The van der Waals surface area contributed by atoms with Gasteiger partial charge in [0.1, 0.15) is 5.75 Å². The Bertz CT molecular complexity index is 505. The van der Waals surface area contributed by atoms with Crippen LogP contribution in [-0.4, -0.2) is 6.61 Å². The average molecular weight is 275 g/mol. The lowest BCUT2D eigenvalue weighted by Gasteiger charge is -2.35. The molecule has 1 aliphatic rings. The third-order valence-electron chi connectivity index (χ3n) is 4.25. The van der Waals surface area contributed by atoms with Crippen molar-refractivity contribution in [3.63, 3.8) is 0 Å². The van der Waals surface area contributed by atoms with Crippen LogP contribution in [0, 0.1) is 5.92 Å². The van der Waals surface area contributed by atoms with Crippen LogP contribution in [0.25, 0.3) is 0 Å². The fourth-order valence-corrected chi connectivity index (χ4v) is 2.68. The fraction of sp³-hybridized carbons (Fsp3) is 0.667. The third kappa shape index (κ3) is 2.71. The van der Waals surface area contributed by atoms with Crippen molar-refractivity contribution in [1.29, 1.82) is 0 Å². The van der Waals surface area contributed by atoms with E-state index in [9.17, 15) is 0 Å². The quantitative estimate of drug-likeness (QED) is 0.765. The zero-order valence-electron chi connectivity index (χ0n) is 14.0. The van der Waals surface area contributed by atoms with Gasteiger partial charge >= 0.3 is 0 Å².